The van der Waals surface area contributed by atoms with E-state index in [1.807, 2.05) is 36.4 Å². The van der Waals surface area contributed by atoms with Crippen LogP contribution in [0.1, 0.15) is 16.3 Å². The first-order valence-electron chi connectivity index (χ1n) is 8.34. The van der Waals surface area contributed by atoms with Crippen LogP contribution in [0.2, 0.25) is 5.02 Å². The molecule has 0 aliphatic rings. The SMILES string of the molecule is O=C(N/N=C\c1cc(Br)c(Sc2ccc(Cl)cc2)o1)c1cc2cc(Br)cc(Br)c2o1. The molecule has 152 valence electrons. The zero-order valence-electron chi connectivity index (χ0n) is 14.8. The lowest BCUT2D eigenvalue weighted by molar-refractivity contribution is 0.0929. The van der Waals surface area contributed by atoms with Crippen LogP contribution in [-0.2, 0) is 0 Å². The first-order chi connectivity index (χ1) is 14.4. The molecule has 2 heterocycles. The maximum absolute atomic E-state index is 12.3. The van der Waals surface area contributed by atoms with Crippen LogP contribution in [-0.4, -0.2) is 12.1 Å². The molecule has 0 aliphatic heterocycles. The van der Waals surface area contributed by atoms with Crippen molar-refractivity contribution in [1.29, 1.82) is 0 Å². The molecule has 0 atom stereocenters. The summed E-state index contributed by atoms with van der Waals surface area (Å²) < 4.78 is 13.8. The predicted molar refractivity (Wildman–Crippen MR) is 129 cm³/mol. The van der Waals surface area contributed by atoms with Crippen molar-refractivity contribution in [3.05, 3.63) is 78.5 Å². The number of fused-ring (bicyclic) bond motifs is 1. The lowest BCUT2D eigenvalue weighted by Crippen LogP contribution is -2.16. The number of benzene rings is 2. The number of nitrogens with one attached hydrogen (secondary N) is 1. The summed E-state index contributed by atoms with van der Waals surface area (Å²) in [6.45, 7) is 0. The Balaban J connectivity index is 1.43. The van der Waals surface area contributed by atoms with Crippen LogP contribution in [0.3, 0.4) is 0 Å². The molecule has 0 unspecified atom stereocenters. The maximum atomic E-state index is 12.3. The van der Waals surface area contributed by atoms with E-state index in [9.17, 15) is 4.79 Å². The number of hydrazone groups is 1. The third-order valence-corrected chi connectivity index (χ3v) is 6.96. The third kappa shape index (κ3) is 5.03. The normalized spacial score (nSPS) is 11.5. The molecule has 0 spiro atoms. The lowest BCUT2D eigenvalue weighted by Gasteiger charge is -1.98. The highest BCUT2D eigenvalue weighted by atomic mass is 79.9. The second-order valence-corrected chi connectivity index (χ2v) is 10.1. The van der Waals surface area contributed by atoms with Crippen LogP contribution in [0.5, 0.6) is 0 Å². The molecule has 2 aromatic carbocycles. The summed E-state index contributed by atoms with van der Waals surface area (Å²) in [7, 11) is 0. The molecule has 1 N–H and O–H groups in total. The van der Waals surface area contributed by atoms with Crippen molar-refractivity contribution in [1.82, 2.24) is 5.43 Å². The molecule has 1 amide bonds. The number of halogens is 4. The zero-order chi connectivity index (χ0) is 21.3. The number of carbonyl (C=O) groups is 1. The van der Waals surface area contributed by atoms with E-state index in [1.54, 1.807) is 12.1 Å². The number of carbonyl (C=O) groups excluding carboxylic acids is 1. The van der Waals surface area contributed by atoms with Crippen molar-refractivity contribution < 1.29 is 13.6 Å². The van der Waals surface area contributed by atoms with E-state index in [-0.39, 0.29) is 5.76 Å². The second-order valence-electron chi connectivity index (χ2n) is 5.96. The van der Waals surface area contributed by atoms with Crippen LogP contribution < -0.4 is 5.43 Å². The molecule has 0 aliphatic carbocycles. The van der Waals surface area contributed by atoms with Crippen LogP contribution in [0, 0.1) is 0 Å². The standard InChI is InChI=1S/C20H10Br3ClN2O3S/c21-11-5-10-6-17(29-18(10)15(22)7-11)19(27)26-25-9-13-8-16(23)20(28-13)30-14-3-1-12(24)2-4-14/h1-9H,(H,26,27)/b25-9-. The molecule has 5 nitrogen and oxygen atoms in total. The van der Waals surface area contributed by atoms with Crippen molar-refractivity contribution in [3.8, 4) is 0 Å². The minimum Gasteiger partial charge on any atom is -0.450 e. The molecule has 30 heavy (non-hydrogen) atoms. The number of rotatable bonds is 5. The average Bonchev–Trinajstić information content (AvgIpc) is 3.27. The van der Waals surface area contributed by atoms with E-state index in [1.165, 1.54) is 18.0 Å². The summed E-state index contributed by atoms with van der Waals surface area (Å²) in [6, 6.07) is 14.6. The smallest absolute Gasteiger partial charge is 0.307 e. The highest BCUT2D eigenvalue weighted by molar-refractivity contribution is 9.11. The molecule has 0 saturated heterocycles. The average molecular weight is 634 g/mol. The molecule has 4 aromatic rings. The fourth-order valence-electron chi connectivity index (χ4n) is 2.51. The number of nitrogens with zero attached hydrogens (tertiary/aromatic N) is 1. The van der Waals surface area contributed by atoms with Gasteiger partial charge in [-0.1, -0.05) is 39.3 Å². The molecule has 0 radical (unpaired) electrons. The van der Waals surface area contributed by atoms with Crippen molar-refractivity contribution >= 4 is 94.2 Å². The highest BCUT2D eigenvalue weighted by Gasteiger charge is 2.14. The van der Waals surface area contributed by atoms with E-state index < -0.39 is 5.91 Å². The largest absolute Gasteiger partial charge is 0.450 e. The molecular weight excluding hydrogens is 623 g/mol. The quantitative estimate of drug-likeness (QED) is 0.179. The molecule has 0 bridgehead atoms. The van der Waals surface area contributed by atoms with Gasteiger partial charge in [0.15, 0.2) is 10.9 Å². The van der Waals surface area contributed by atoms with Gasteiger partial charge in [-0.15, -0.1) is 0 Å². The minimum absolute atomic E-state index is 0.153. The Bertz CT molecular complexity index is 1270. The van der Waals surface area contributed by atoms with E-state index in [2.05, 4.69) is 58.3 Å². The van der Waals surface area contributed by atoms with E-state index in [0.717, 1.165) is 23.7 Å². The van der Waals surface area contributed by atoms with Gasteiger partial charge in [0, 0.05) is 25.8 Å². The Morgan fingerprint density at radius 2 is 1.80 bits per heavy atom. The van der Waals surface area contributed by atoms with Crippen molar-refractivity contribution in [2.45, 2.75) is 9.99 Å². The molecular formula is C20H10Br3ClN2O3S. The van der Waals surface area contributed by atoms with Crippen LogP contribution in [0.4, 0.5) is 0 Å². The topological polar surface area (TPSA) is 67.7 Å². The van der Waals surface area contributed by atoms with Crippen LogP contribution in [0.25, 0.3) is 11.0 Å². The van der Waals surface area contributed by atoms with Crippen molar-refractivity contribution in [3.63, 3.8) is 0 Å². The lowest BCUT2D eigenvalue weighted by atomic mass is 10.2. The minimum atomic E-state index is -0.466. The maximum Gasteiger partial charge on any atom is 0.307 e. The summed E-state index contributed by atoms with van der Waals surface area (Å²) in [5.41, 5.74) is 3.03. The van der Waals surface area contributed by atoms with Gasteiger partial charge in [-0.25, -0.2) is 5.43 Å². The van der Waals surface area contributed by atoms with E-state index >= 15 is 0 Å². The number of furan rings is 2. The Hall–Kier alpha value is -1.52. The van der Waals surface area contributed by atoms with Crippen LogP contribution in [0.15, 0.2) is 85.9 Å². The number of hydrogen-bond donors (Lipinski definition) is 1. The fraction of sp³-hybridized carbons (Fsp3) is 0. The molecule has 2 aromatic heterocycles. The van der Waals surface area contributed by atoms with Gasteiger partial charge < -0.3 is 8.83 Å². The Kier molecular flexibility index (Phi) is 6.74. The summed E-state index contributed by atoms with van der Waals surface area (Å²) in [5, 5.41) is 6.09. The summed E-state index contributed by atoms with van der Waals surface area (Å²) in [6.07, 6.45) is 1.42. The first-order valence-corrected chi connectivity index (χ1v) is 11.9. The van der Waals surface area contributed by atoms with Gasteiger partial charge in [0.2, 0.25) is 0 Å². The zero-order valence-corrected chi connectivity index (χ0v) is 21.1. The fourth-order valence-corrected chi connectivity index (χ4v) is 5.30. The second kappa shape index (κ2) is 9.32. The summed E-state index contributed by atoms with van der Waals surface area (Å²) in [5.74, 6) is 0.169. The molecule has 0 saturated carbocycles. The van der Waals surface area contributed by atoms with Gasteiger partial charge in [-0.05, 0) is 74.3 Å². The van der Waals surface area contributed by atoms with E-state index in [4.69, 9.17) is 20.4 Å². The number of hydrogen-bond acceptors (Lipinski definition) is 5. The highest BCUT2D eigenvalue weighted by Crippen LogP contribution is 2.36. The van der Waals surface area contributed by atoms with Gasteiger partial charge in [0.1, 0.15) is 11.3 Å². The molecule has 4 rings (SSSR count). The Morgan fingerprint density at radius 1 is 1.03 bits per heavy atom. The number of amides is 1. The van der Waals surface area contributed by atoms with Gasteiger partial charge >= 0.3 is 5.91 Å². The van der Waals surface area contributed by atoms with Gasteiger partial charge in [0.05, 0.1) is 15.2 Å². The van der Waals surface area contributed by atoms with Gasteiger partial charge in [-0.3, -0.25) is 4.79 Å². The Labute approximate surface area is 205 Å². The van der Waals surface area contributed by atoms with Crippen molar-refractivity contribution in [2.75, 3.05) is 0 Å². The van der Waals surface area contributed by atoms with Gasteiger partial charge in [0.25, 0.3) is 0 Å². The monoisotopic (exact) mass is 630 g/mol. The third-order valence-electron chi connectivity index (χ3n) is 3.82. The summed E-state index contributed by atoms with van der Waals surface area (Å²) >= 11 is 17.6. The summed E-state index contributed by atoms with van der Waals surface area (Å²) in [4.78, 5) is 13.3. The van der Waals surface area contributed by atoms with Crippen molar-refractivity contribution in [2.24, 2.45) is 5.10 Å². The first kappa shape index (κ1) is 21.7. The predicted octanol–water partition coefficient (Wildman–Crippen LogP) is 7.88. The molecule has 0 fully saturated rings. The van der Waals surface area contributed by atoms with E-state index in [0.29, 0.717) is 21.5 Å². The van der Waals surface area contributed by atoms with Crippen LogP contribution >= 0.6 is 71.2 Å². The van der Waals surface area contributed by atoms with Gasteiger partial charge in [-0.2, -0.15) is 5.10 Å². The molecule has 10 heteroatoms. The Morgan fingerprint density at radius 3 is 2.57 bits per heavy atom.